The second-order valence-corrected chi connectivity index (χ2v) is 11.5. The van der Waals surface area contributed by atoms with Gasteiger partial charge in [-0.1, -0.05) is 63.9 Å². The summed E-state index contributed by atoms with van der Waals surface area (Å²) in [5.74, 6) is 0.0256. The Morgan fingerprint density at radius 3 is 2.11 bits per heavy atom. The van der Waals surface area contributed by atoms with E-state index in [2.05, 4.69) is 37.1 Å². The molecule has 0 aliphatic heterocycles. The van der Waals surface area contributed by atoms with Gasteiger partial charge in [0.25, 0.3) is 0 Å². The van der Waals surface area contributed by atoms with Gasteiger partial charge in [0, 0.05) is 43.3 Å². The van der Waals surface area contributed by atoms with Crippen molar-refractivity contribution in [2.24, 2.45) is 5.73 Å². The smallest absolute Gasteiger partial charge is 0.325 e. The second-order valence-electron chi connectivity index (χ2n) is 8.67. The molecule has 0 aromatic heterocycles. The Kier molecular flexibility index (Phi) is 23.8. The van der Waals surface area contributed by atoms with E-state index in [0.717, 1.165) is 5.56 Å². The maximum absolute atomic E-state index is 12.5. The minimum atomic E-state index is -2.66. The van der Waals surface area contributed by atoms with Gasteiger partial charge in [-0.05, 0) is 19.4 Å². The van der Waals surface area contributed by atoms with Crippen LogP contribution in [0, 0.1) is 0 Å². The van der Waals surface area contributed by atoms with Crippen LogP contribution in [0.5, 0.6) is 0 Å². The third-order valence-corrected chi connectivity index (χ3v) is 6.11. The number of hydrogen-bond donors (Lipinski definition) is 4. The molecule has 2 unspecified atom stereocenters. The van der Waals surface area contributed by atoms with Gasteiger partial charge in [-0.25, -0.2) is 8.42 Å². The van der Waals surface area contributed by atoms with Crippen LogP contribution in [0.2, 0.25) is 0 Å². The zero-order valence-corrected chi connectivity index (χ0v) is 25.1. The van der Waals surface area contributed by atoms with E-state index >= 15 is 0 Å². The lowest BCUT2D eigenvalue weighted by Gasteiger charge is -2.18. The first-order chi connectivity index (χ1) is 17.4. The molecule has 0 bridgehead atoms. The maximum Gasteiger partial charge on any atom is 0.325 e. The second kappa shape index (κ2) is 23.5. The zero-order valence-electron chi connectivity index (χ0n) is 23.4. The van der Waals surface area contributed by atoms with Crippen molar-refractivity contribution in [2.45, 2.75) is 72.1 Å². The van der Waals surface area contributed by atoms with Gasteiger partial charge >= 0.3 is 5.97 Å². The van der Waals surface area contributed by atoms with Crippen molar-refractivity contribution in [3.05, 3.63) is 35.9 Å². The predicted octanol–water partition coefficient (Wildman–Crippen LogP) is 2.39. The van der Waals surface area contributed by atoms with Crippen LogP contribution in [-0.2, 0) is 35.3 Å². The van der Waals surface area contributed by atoms with Gasteiger partial charge in [0.1, 0.15) is 22.5 Å². The fraction of sp³-hybridized carbons (Fsp3) is 0.692. The van der Waals surface area contributed by atoms with Crippen LogP contribution in [0.3, 0.4) is 0 Å². The summed E-state index contributed by atoms with van der Waals surface area (Å²) in [5.41, 5.74) is 6.76. The molecular weight excluding hydrogens is 514 g/mol. The van der Waals surface area contributed by atoms with Crippen LogP contribution >= 0.6 is 12.6 Å². The van der Waals surface area contributed by atoms with E-state index in [-0.39, 0.29) is 30.4 Å². The van der Waals surface area contributed by atoms with Crippen molar-refractivity contribution in [3.63, 3.8) is 0 Å². The quantitative estimate of drug-likeness (QED) is 0.145. The van der Waals surface area contributed by atoms with Crippen LogP contribution in [0.1, 0.15) is 53.0 Å². The molecule has 0 radical (unpaired) electrons. The third kappa shape index (κ3) is 25.8. The maximum atomic E-state index is 12.5. The molecule has 0 fully saturated rings. The number of amides is 1. The van der Waals surface area contributed by atoms with Gasteiger partial charge in [0.2, 0.25) is 5.91 Å². The Morgan fingerprint density at radius 1 is 1.08 bits per heavy atom. The van der Waals surface area contributed by atoms with Crippen molar-refractivity contribution >= 4 is 34.3 Å². The summed E-state index contributed by atoms with van der Waals surface area (Å²) in [6.07, 6.45) is 3.36. The molecule has 0 saturated heterocycles. The molecule has 1 aromatic carbocycles. The zero-order chi connectivity index (χ0) is 28.7. The number of esters is 1. The van der Waals surface area contributed by atoms with E-state index in [4.69, 9.17) is 15.2 Å². The molecule has 2 atom stereocenters. The van der Waals surface area contributed by atoms with E-state index in [1.54, 1.807) is 20.8 Å². The van der Waals surface area contributed by atoms with Crippen molar-refractivity contribution in [1.29, 1.82) is 0 Å². The van der Waals surface area contributed by atoms with E-state index in [1.807, 2.05) is 30.3 Å². The number of thiol groups is 1. The Labute approximate surface area is 230 Å². The van der Waals surface area contributed by atoms with Crippen molar-refractivity contribution in [2.75, 3.05) is 44.0 Å². The number of benzene rings is 1. The van der Waals surface area contributed by atoms with Gasteiger partial charge in [-0.2, -0.15) is 12.6 Å². The molecule has 1 rings (SSSR count). The van der Waals surface area contributed by atoms with E-state index in [1.165, 1.54) is 19.1 Å². The number of nitrogens with one attached hydrogen (secondary N) is 2. The summed E-state index contributed by atoms with van der Waals surface area (Å²) >= 11 is 4.13. The fourth-order valence-electron chi connectivity index (χ4n) is 2.26. The minimum absolute atomic E-state index is 0.0243. The molecule has 37 heavy (non-hydrogen) atoms. The Balaban J connectivity index is 0. The first-order valence-corrected chi connectivity index (χ1v) is 15.5. The monoisotopic (exact) mass is 563 g/mol. The number of ether oxygens (including phenoxy) is 2. The molecule has 0 spiro atoms. The summed E-state index contributed by atoms with van der Waals surface area (Å²) in [6.45, 7) is 10.9. The average molecular weight is 564 g/mol. The van der Waals surface area contributed by atoms with Crippen LogP contribution in [-0.4, -0.2) is 82.5 Å². The minimum Gasteiger partial charge on any atom is -0.462 e. The molecule has 216 valence electrons. The third-order valence-electron chi connectivity index (χ3n) is 4.59. The molecular formula is C26H49N3O6S2. The van der Waals surface area contributed by atoms with Gasteiger partial charge in [0.05, 0.1) is 12.7 Å². The highest BCUT2D eigenvalue weighted by molar-refractivity contribution is 7.90. The van der Waals surface area contributed by atoms with E-state index < -0.39 is 21.9 Å². The highest BCUT2D eigenvalue weighted by Gasteiger charge is 2.20. The Bertz CT molecular complexity index is 806. The topological polar surface area (TPSA) is 137 Å². The molecule has 0 saturated carbocycles. The van der Waals surface area contributed by atoms with Gasteiger partial charge < -0.3 is 25.8 Å². The largest absolute Gasteiger partial charge is 0.462 e. The number of nitrogens with two attached hydrogens (primary N) is 1. The predicted molar refractivity (Wildman–Crippen MR) is 155 cm³/mol. The number of carbonyl (C=O) groups is 2. The average Bonchev–Trinajstić information content (AvgIpc) is 2.86. The normalized spacial score (nSPS) is 12.4. The SMILES string of the molecule is CC(C)OC(=O)CNC(=O)C(Cc1ccccc1)OCCNCC(N)CS.CCCC.CCS(C)(=O)=O. The molecule has 9 nitrogen and oxygen atoms in total. The Morgan fingerprint density at radius 2 is 1.65 bits per heavy atom. The van der Waals surface area contributed by atoms with Gasteiger partial charge in [-0.15, -0.1) is 0 Å². The highest BCUT2D eigenvalue weighted by Crippen LogP contribution is 2.06. The molecule has 4 N–H and O–H groups in total. The summed E-state index contributed by atoms with van der Waals surface area (Å²) < 4.78 is 30.8. The Hall–Kier alpha value is -1.66. The van der Waals surface area contributed by atoms with Crippen molar-refractivity contribution in [1.82, 2.24) is 10.6 Å². The number of rotatable bonds is 15. The van der Waals surface area contributed by atoms with Crippen molar-refractivity contribution in [3.8, 4) is 0 Å². The van der Waals surface area contributed by atoms with Crippen LogP contribution in [0.25, 0.3) is 0 Å². The lowest BCUT2D eigenvalue weighted by atomic mass is 10.1. The molecule has 0 aliphatic carbocycles. The van der Waals surface area contributed by atoms with E-state index in [9.17, 15) is 18.0 Å². The summed E-state index contributed by atoms with van der Waals surface area (Å²) in [7, 11) is -2.66. The molecule has 0 heterocycles. The van der Waals surface area contributed by atoms with Crippen LogP contribution in [0.15, 0.2) is 30.3 Å². The molecule has 11 heteroatoms. The number of carbonyl (C=O) groups excluding carboxylic acids is 2. The van der Waals surface area contributed by atoms with Crippen molar-refractivity contribution < 1.29 is 27.5 Å². The first kappa shape index (κ1) is 37.5. The van der Waals surface area contributed by atoms with Crippen LogP contribution < -0.4 is 16.4 Å². The lowest BCUT2D eigenvalue weighted by molar-refractivity contribution is -0.148. The molecule has 1 aromatic rings. The lowest BCUT2D eigenvalue weighted by Crippen LogP contribution is -2.42. The molecule has 1 amide bonds. The molecule has 0 aliphatic rings. The summed E-state index contributed by atoms with van der Waals surface area (Å²) in [5, 5.41) is 5.75. The fourth-order valence-corrected chi connectivity index (χ4v) is 2.39. The van der Waals surface area contributed by atoms with Gasteiger partial charge in [0.15, 0.2) is 0 Å². The van der Waals surface area contributed by atoms with Crippen LogP contribution in [0.4, 0.5) is 0 Å². The van der Waals surface area contributed by atoms with Gasteiger partial charge in [-0.3, -0.25) is 9.59 Å². The number of sulfone groups is 1. The summed E-state index contributed by atoms with van der Waals surface area (Å²) in [4.78, 5) is 24.1. The summed E-state index contributed by atoms with van der Waals surface area (Å²) in [6, 6.07) is 9.57. The van der Waals surface area contributed by atoms with E-state index in [0.29, 0.717) is 31.9 Å². The first-order valence-electron chi connectivity index (χ1n) is 12.8. The highest BCUT2D eigenvalue weighted by atomic mass is 32.2. The number of hydrogen-bond acceptors (Lipinski definition) is 9. The number of unbranched alkanes of at least 4 members (excludes halogenated alkanes) is 1. The standard InChI is InChI=1S/C19H31N3O4S.C4H10.C3H8O2S/c1-14(2)26-18(23)12-22-19(24)17(10-15-6-4-3-5-7-15)25-9-8-21-11-16(20)13-27;1-3-4-2;1-3-6(2,4)5/h3-7,14,16-17,21,27H,8-13,20H2,1-2H3,(H,22,24);3-4H2,1-2H3;3H2,1-2H3.